The number of rotatable bonds is 8. The highest BCUT2D eigenvalue weighted by Crippen LogP contribution is 2.28. The fourth-order valence-corrected chi connectivity index (χ4v) is 2.26. The van der Waals surface area contributed by atoms with Crippen LogP contribution in [0.2, 0.25) is 0 Å². The topological polar surface area (TPSA) is 76.7 Å². The number of carbonyl (C=O) groups is 2. The Labute approximate surface area is 166 Å². The van der Waals surface area contributed by atoms with E-state index in [4.69, 9.17) is 9.47 Å². The number of methoxy groups -OCH3 is 1. The van der Waals surface area contributed by atoms with Gasteiger partial charge in [0, 0.05) is 5.56 Å². The van der Waals surface area contributed by atoms with E-state index in [9.17, 15) is 22.8 Å². The molecule has 0 fully saturated rings. The molecule has 2 rings (SSSR count). The van der Waals surface area contributed by atoms with Crippen molar-refractivity contribution in [2.75, 3.05) is 25.6 Å². The molecule has 29 heavy (non-hydrogen) atoms. The van der Waals surface area contributed by atoms with Crippen LogP contribution in [0.15, 0.2) is 30.3 Å². The highest BCUT2D eigenvalue weighted by molar-refractivity contribution is 5.99. The Bertz CT molecular complexity index is 904. The number of anilines is 1. The van der Waals surface area contributed by atoms with Gasteiger partial charge < -0.3 is 20.1 Å². The van der Waals surface area contributed by atoms with E-state index in [2.05, 4.69) is 10.6 Å². The lowest BCUT2D eigenvalue weighted by Crippen LogP contribution is -2.33. The molecule has 0 aromatic heterocycles. The fourth-order valence-electron chi connectivity index (χ4n) is 2.26. The lowest BCUT2D eigenvalue weighted by atomic mass is 10.2. The van der Waals surface area contributed by atoms with E-state index in [0.717, 1.165) is 6.07 Å². The van der Waals surface area contributed by atoms with Crippen molar-refractivity contribution in [2.24, 2.45) is 5.92 Å². The molecule has 0 heterocycles. The first kappa shape index (κ1) is 22.1. The molecule has 2 aromatic rings. The third kappa shape index (κ3) is 5.87. The summed E-state index contributed by atoms with van der Waals surface area (Å²) in [7, 11) is 1.43. The molecule has 156 valence electrons. The Balaban J connectivity index is 1.98. The molecule has 2 N–H and O–H groups in total. The second-order valence-electron chi connectivity index (χ2n) is 6.52. The summed E-state index contributed by atoms with van der Waals surface area (Å²) in [5.41, 5.74) is -0.318. The molecule has 0 aliphatic carbocycles. The first-order chi connectivity index (χ1) is 13.7. The van der Waals surface area contributed by atoms with E-state index in [-0.39, 0.29) is 5.56 Å². The summed E-state index contributed by atoms with van der Waals surface area (Å²) in [6.45, 7) is 3.95. The van der Waals surface area contributed by atoms with E-state index in [1.165, 1.54) is 19.2 Å². The van der Waals surface area contributed by atoms with Crippen LogP contribution < -0.4 is 20.1 Å². The van der Waals surface area contributed by atoms with E-state index >= 15 is 0 Å². The molecule has 0 aliphatic heterocycles. The van der Waals surface area contributed by atoms with Crippen LogP contribution in [0.25, 0.3) is 0 Å². The second-order valence-corrected chi connectivity index (χ2v) is 6.52. The van der Waals surface area contributed by atoms with E-state index < -0.39 is 41.5 Å². The normalized spacial score (nSPS) is 10.6. The predicted molar refractivity (Wildman–Crippen MR) is 101 cm³/mol. The maximum atomic E-state index is 13.6. The van der Waals surface area contributed by atoms with Crippen molar-refractivity contribution in [2.45, 2.75) is 13.8 Å². The highest BCUT2D eigenvalue weighted by atomic mass is 19.2. The Hall–Kier alpha value is -3.23. The van der Waals surface area contributed by atoms with Crippen LogP contribution >= 0.6 is 0 Å². The van der Waals surface area contributed by atoms with Gasteiger partial charge in [-0.15, -0.1) is 0 Å². The molecular weight excluding hydrogens is 389 g/mol. The van der Waals surface area contributed by atoms with Gasteiger partial charge >= 0.3 is 0 Å². The van der Waals surface area contributed by atoms with Gasteiger partial charge in [-0.2, -0.15) is 0 Å². The number of amides is 2. The van der Waals surface area contributed by atoms with Crippen LogP contribution in [-0.4, -0.2) is 32.1 Å². The smallest absolute Gasteiger partial charge is 0.251 e. The predicted octanol–water partition coefficient (Wildman–Crippen LogP) is 3.52. The van der Waals surface area contributed by atoms with Gasteiger partial charge in [-0.05, 0) is 36.2 Å². The van der Waals surface area contributed by atoms with Gasteiger partial charge in [-0.3, -0.25) is 9.59 Å². The molecule has 9 heteroatoms. The van der Waals surface area contributed by atoms with Crippen molar-refractivity contribution in [3.63, 3.8) is 0 Å². The van der Waals surface area contributed by atoms with Gasteiger partial charge in [0.1, 0.15) is 0 Å². The monoisotopic (exact) mass is 410 g/mol. The van der Waals surface area contributed by atoms with Crippen LogP contribution in [0.5, 0.6) is 11.5 Å². The molecule has 0 radical (unpaired) electrons. The van der Waals surface area contributed by atoms with E-state index in [0.29, 0.717) is 30.1 Å². The quantitative estimate of drug-likeness (QED) is 0.653. The molecule has 2 amide bonds. The van der Waals surface area contributed by atoms with Gasteiger partial charge in [-0.25, -0.2) is 13.2 Å². The maximum Gasteiger partial charge on any atom is 0.251 e. The minimum Gasteiger partial charge on any atom is -0.493 e. The fraction of sp³-hybridized carbons (Fsp3) is 0.300. The van der Waals surface area contributed by atoms with Crippen LogP contribution in [-0.2, 0) is 4.79 Å². The van der Waals surface area contributed by atoms with E-state index in [1.807, 2.05) is 13.8 Å². The minimum atomic E-state index is -1.70. The summed E-state index contributed by atoms with van der Waals surface area (Å²) in [6.07, 6.45) is 0. The summed E-state index contributed by atoms with van der Waals surface area (Å²) in [5.74, 6) is -4.85. The minimum absolute atomic E-state index is 0.213. The van der Waals surface area contributed by atoms with Gasteiger partial charge in [0.15, 0.2) is 29.0 Å². The van der Waals surface area contributed by atoms with Crippen LogP contribution in [0.4, 0.5) is 18.9 Å². The first-order valence-electron chi connectivity index (χ1n) is 8.75. The molecule has 0 atom stereocenters. The van der Waals surface area contributed by atoms with Crippen molar-refractivity contribution in [1.29, 1.82) is 0 Å². The van der Waals surface area contributed by atoms with Crippen molar-refractivity contribution >= 4 is 17.5 Å². The van der Waals surface area contributed by atoms with Gasteiger partial charge in [0.05, 0.1) is 25.9 Å². The highest BCUT2D eigenvalue weighted by Gasteiger charge is 2.16. The number of benzene rings is 2. The zero-order valence-corrected chi connectivity index (χ0v) is 16.1. The standard InChI is InChI=1S/C20H21F3N2O4/c1-11(2)10-29-15-7-4-12(8-16(15)28-3)20(27)24-9-17(26)25-14-6-5-13(21)18(22)19(14)23/h4-8,11H,9-10H2,1-3H3,(H,24,27)(H,25,26). The van der Waals surface area contributed by atoms with Gasteiger partial charge in [0.2, 0.25) is 5.91 Å². The Morgan fingerprint density at radius 1 is 1.03 bits per heavy atom. The number of carbonyl (C=O) groups excluding carboxylic acids is 2. The van der Waals surface area contributed by atoms with Crippen molar-refractivity contribution < 1.29 is 32.2 Å². The molecule has 6 nitrogen and oxygen atoms in total. The number of ether oxygens (including phenoxy) is 2. The van der Waals surface area contributed by atoms with Crippen LogP contribution in [0.1, 0.15) is 24.2 Å². The summed E-state index contributed by atoms with van der Waals surface area (Å²) in [5, 5.41) is 4.41. The van der Waals surface area contributed by atoms with E-state index in [1.54, 1.807) is 6.07 Å². The molecule has 0 bridgehead atoms. The van der Waals surface area contributed by atoms with Crippen molar-refractivity contribution in [1.82, 2.24) is 5.32 Å². The first-order valence-corrected chi connectivity index (χ1v) is 8.75. The molecule has 0 spiro atoms. The summed E-state index contributed by atoms with van der Waals surface area (Å²) in [6, 6.07) is 6.10. The van der Waals surface area contributed by atoms with Crippen LogP contribution in [0, 0.1) is 23.4 Å². The number of halogens is 3. The number of hydrogen-bond acceptors (Lipinski definition) is 4. The van der Waals surface area contributed by atoms with Gasteiger partial charge in [0.25, 0.3) is 5.91 Å². The summed E-state index contributed by atoms with van der Waals surface area (Å²) < 4.78 is 50.5. The zero-order chi connectivity index (χ0) is 21.6. The average Bonchev–Trinajstić information content (AvgIpc) is 2.70. The maximum absolute atomic E-state index is 13.6. The third-order valence-electron chi connectivity index (χ3n) is 3.72. The second kappa shape index (κ2) is 9.81. The molecule has 0 saturated carbocycles. The molecule has 0 unspecified atom stereocenters. The lowest BCUT2D eigenvalue weighted by molar-refractivity contribution is -0.115. The Morgan fingerprint density at radius 3 is 2.41 bits per heavy atom. The molecule has 0 aliphatic rings. The zero-order valence-electron chi connectivity index (χ0n) is 16.1. The largest absolute Gasteiger partial charge is 0.493 e. The molecule has 0 saturated heterocycles. The SMILES string of the molecule is COc1cc(C(=O)NCC(=O)Nc2ccc(F)c(F)c2F)ccc1OCC(C)C. The lowest BCUT2D eigenvalue weighted by Gasteiger charge is -2.13. The summed E-state index contributed by atoms with van der Waals surface area (Å²) in [4.78, 5) is 24.1. The Kier molecular flexibility index (Phi) is 7.46. The Morgan fingerprint density at radius 2 is 1.76 bits per heavy atom. The third-order valence-corrected chi connectivity index (χ3v) is 3.72. The average molecular weight is 410 g/mol. The molecular formula is C20H21F3N2O4. The number of hydrogen-bond donors (Lipinski definition) is 2. The van der Waals surface area contributed by atoms with Gasteiger partial charge in [-0.1, -0.05) is 13.8 Å². The van der Waals surface area contributed by atoms with Crippen LogP contribution in [0.3, 0.4) is 0 Å². The van der Waals surface area contributed by atoms with Crippen molar-refractivity contribution in [3.05, 3.63) is 53.3 Å². The molecule has 2 aromatic carbocycles. The summed E-state index contributed by atoms with van der Waals surface area (Å²) >= 11 is 0. The number of nitrogens with one attached hydrogen (secondary N) is 2. The van der Waals surface area contributed by atoms with Crippen molar-refractivity contribution in [3.8, 4) is 11.5 Å².